The number of aromatic nitrogens is 5. The van der Waals surface area contributed by atoms with Gasteiger partial charge in [0, 0.05) is 23.5 Å². The Bertz CT molecular complexity index is 1270. The molecule has 1 amide bonds. The Hall–Kier alpha value is -3.87. The highest BCUT2D eigenvalue weighted by molar-refractivity contribution is 5.95. The minimum absolute atomic E-state index is 0.0538. The number of hydrogen-bond donors (Lipinski definition) is 1. The van der Waals surface area contributed by atoms with Crippen LogP contribution in [0, 0.1) is 20.8 Å². The number of nitrogens with one attached hydrogen (secondary N) is 1. The lowest BCUT2D eigenvalue weighted by atomic mass is 9.85. The summed E-state index contributed by atoms with van der Waals surface area (Å²) in [6.07, 6.45) is 2.01. The Kier molecular flexibility index (Phi) is 4.58. The molecule has 0 bridgehead atoms. The number of carbonyl (C=O) groups excluding carboxylic acids is 1. The van der Waals surface area contributed by atoms with Crippen LogP contribution in [0.15, 0.2) is 54.7 Å². The highest BCUT2D eigenvalue weighted by Crippen LogP contribution is 2.39. The lowest BCUT2D eigenvalue weighted by molar-refractivity contribution is -0.116. The van der Waals surface area contributed by atoms with Gasteiger partial charge in [0.1, 0.15) is 5.82 Å². The third kappa shape index (κ3) is 3.48. The maximum atomic E-state index is 12.6. The molecule has 0 spiro atoms. The number of benzene rings is 2. The van der Waals surface area contributed by atoms with Crippen molar-refractivity contribution >= 4 is 11.7 Å². The van der Waals surface area contributed by atoms with E-state index < -0.39 is 0 Å². The van der Waals surface area contributed by atoms with Crippen LogP contribution in [0.4, 0.5) is 5.82 Å². The molecule has 0 saturated heterocycles. The summed E-state index contributed by atoms with van der Waals surface area (Å²) in [5.74, 6) is 0.822. The van der Waals surface area contributed by atoms with Crippen molar-refractivity contribution in [2.75, 3.05) is 5.32 Å². The second kappa shape index (κ2) is 7.43. The normalized spacial score (nSPS) is 15.5. The maximum Gasteiger partial charge on any atom is 0.272 e. The molecule has 1 N–H and O–H groups in total. The van der Waals surface area contributed by atoms with E-state index in [1.54, 1.807) is 10.9 Å². The van der Waals surface area contributed by atoms with Crippen molar-refractivity contribution in [1.29, 1.82) is 0 Å². The summed E-state index contributed by atoms with van der Waals surface area (Å²) < 4.78 is 1.59. The van der Waals surface area contributed by atoms with E-state index in [9.17, 15) is 4.79 Å². The molecule has 1 aliphatic heterocycles. The fourth-order valence-electron chi connectivity index (χ4n) is 4.02. The zero-order valence-corrected chi connectivity index (χ0v) is 17.6. The fraction of sp³-hybridized carbons (Fsp3) is 0.208. The van der Waals surface area contributed by atoms with Crippen molar-refractivity contribution in [3.8, 4) is 17.2 Å². The summed E-state index contributed by atoms with van der Waals surface area (Å²) in [5.41, 5.74) is 6.93. The quantitative estimate of drug-likeness (QED) is 0.549. The Morgan fingerprint density at radius 2 is 1.65 bits per heavy atom. The molecule has 1 aliphatic rings. The van der Waals surface area contributed by atoms with Gasteiger partial charge in [0.15, 0.2) is 0 Å². The first-order chi connectivity index (χ1) is 15.0. The minimum Gasteiger partial charge on any atom is -0.310 e. The number of carbonyl (C=O) groups is 1. The highest BCUT2D eigenvalue weighted by Gasteiger charge is 2.33. The van der Waals surface area contributed by atoms with Crippen LogP contribution in [0.25, 0.3) is 17.2 Å². The molecule has 0 aliphatic carbocycles. The Labute approximate surface area is 180 Å². The summed E-state index contributed by atoms with van der Waals surface area (Å²) in [5, 5.41) is 16.0. The number of fused-ring (bicyclic) bond motifs is 1. The van der Waals surface area contributed by atoms with Gasteiger partial charge in [0.05, 0.1) is 17.6 Å². The number of hydrogen-bond acceptors (Lipinski definition) is 5. The smallest absolute Gasteiger partial charge is 0.272 e. The van der Waals surface area contributed by atoms with Crippen molar-refractivity contribution < 1.29 is 4.79 Å². The zero-order chi connectivity index (χ0) is 21.5. The minimum atomic E-state index is -0.0636. The van der Waals surface area contributed by atoms with Crippen LogP contribution >= 0.6 is 0 Å². The molecule has 31 heavy (non-hydrogen) atoms. The SMILES string of the molecule is Cc1ccc(-c2cnnc(-n3nc(C)c4c3NC(=O)C[C@@H]4c3ccc(C)cc3)n2)cc1. The van der Waals surface area contributed by atoms with Crippen molar-refractivity contribution in [3.05, 3.63) is 82.7 Å². The van der Waals surface area contributed by atoms with Crippen LogP contribution in [0.2, 0.25) is 0 Å². The predicted octanol–water partition coefficient (Wildman–Crippen LogP) is 4.12. The topological polar surface area (TPSA) is 85.6 Å². The molecule has 5 rings (SSSR count). The second-order valence-electron chi connectivity index (χ2n) is 7.98. The fourth-order valence-corrected chi connectivity index (χ4v) is 4.02. The summed E-state index contributed by atoms with van der Waals surface area (Å²) in [6.45, 7) is 6.04. The van der Waals surface area contributed by atoms with Gasteiger partial charge in [-0.15, -0.1) is 5.10 Å². The van der Waals surface area contributed by atoms with Gasteiger partial charge in [-0.2, -0.15) is 14.9 Å². The second-order valence-corrected chi connectivity index (χ2v) is 7.98. The van der Waals surface area contributed by atoms with Gasteiger partial charge in [-0.25, -0.2) is 4.98 Å². The number of nitrogens with zero attached hydrogens (tertiary/aromatic N) is 5. The molecule has 0 radical (unpaired) electrons. The maximum absolute atomic E-state index is 12.6. The van der Waals surface area contributed by atoms with E-state index in [1.165, 1.54) is 11.1 Å². The zero-order valence-electron chi connectivity index (χ0n) is 17.6. The molecule has 3 heterocycles. The summed E-state index contributed by atoms with van der Waals surface area (Å²) >= 11 is 0. The van der Waals surface area contributed by atoms with Gasteiger partial charge in [-0.05, 0) is 26.3 Å². The lowest BCUT2D eigenvalue weighted by Crippen LogP contribution is -2.25. The molecule has 2 aromatic heterocycles. The largest absolute Gasteiger partial charge is 0.310 e. The lowest BCUT2D eigenvalue weighted by Gasteiger charge is -2.24. The summed E-state index contributed by atoms with van der Waals surface area (Å²) in [4.78, 5) is 17.3. The first-order valence-corrected chi connectivity index (χ1v) is 10.2. The Morgan fingerprint density at radius 3 is 2.35 bits per heavy atom. The van der Waals surface area contributed by atoms with Gasteiger partial charge in [0.25, 0.3) is 5.95 Å². The van der Waals surface area contributed by atoms with E-state index in [-0.39, 0.29) is 11.8 Å². The molecule has 7 nitrogen and oxygen atoms in total. The molecule has 1 atom stereocenters. The monoisotopic (exact) mass is 410 g/mol. The molecule has 0 saturated carbocycles. The Morgan fingerprint density at radius 1 is 0.968 bits per heavy atom. The van der Waals surface area contributed by atoms with E-state index in [0.717, 1.165) is 22.4 Å². The molecule has 0 fully saturated rings. The summed E-state index contributed by atoms with van der Waals surface area (Å²) in [7, 11) is 0. The average Bonchev–Trinajstić information content (AvgIpc) is 3.10. The third-order valence-corrected chi connectivity index (χ3v) is 5.67. The standard InChI is InChI=1S/C24H22N6O/c1-14-4-8-17(9-5-14)19-12-21(31)27-23-22(19)16(3)29-30(23)24-26-20(13-25-28-24)18-10-6-15(2)7-11-18/h4-11,13,19H,12H2,1-3H3,(H,27,31)/t19-/m1/s1. The van der Waals surface area contributed by atoms with Crippen LogP contribution in [0.3, 0.4) is 0 Å². The van der Waals surface area contributed by atoms with Gasteiger partial charge in [-0.1, -0.05) is 59.7 Å². The van der Waals surface area contributed by atoms with E-state index in [4.69, 9.17) is 0 Å². The number of anilines is 1. The molecule has 2 aromatic carbocycles. The molecule has 7 heteroatoms. The number of rotatable bonds is 3. The predicted molar refractivity (Wildman–Crippen MR) is 118 cm³/mol. The molecular weight excluding hydrogens is 388 g/mol. The molecule has 154 valence electrons. The van der Waals surface area contributed by atoms with Crippen LogP contribution < -0.4 is 5.32 Å². The van der Waals surface area contributed by atoms with Crippen LogP contribution in [-0.4, -0.2) is 30.9 Å². The van der Waals surface area contributed by atoms with Gasteiger partial charge in [0.2, 0.25) is 5.91 Å². The van der Waals surface area contributed by atoms with Crippen LogP contribution in [0.1, 0.15) is 40.3 Å². The number of aryl methyl sites for hydroxylation is 3. The van der Waals surface area contributed by atoms with Gasteiger partial charge < -0.3 is 5.32 Å². The van der Waals surface area contributed by atoms with Crippen LogP contribution in [-0.2, 0) is 4.79 Å². The first-order valence-electron chi connectivity index (χ1n) is 10.2. The molecule has 4 aromatic rings. The van der Waals surface area contributed by atoms with Crippen molar-refractivity contribution in [2.45, 2.75) is 33.1 Å². The van der Waals surface area contributed by atoms with Gasteiger partial charge >= 0.3 is 0 Å². The highest BCUT2D eigenvalue weighted by atomic mass is 16.1. The van der Waals surface area contributed by atoms with E-state index in [1.807, 2.05) is 38.1 Å². The van der Waals surface area contributed by atoms with Crippen molar-refractivity contribution in [2.24, 2.45) is 0 Å². The van der Waals surface area contributed by atoms with Crippen molar-refractivity contribution in [1.82, 2.24) is 25.0 Å². The van der Waals surface area contributed by atoms with Crippen molar-refractivity contribution in [3.63, 3.8) is 0 Å². The van der Waals surface area contributed by atoms with E-state index >= 15 is 0 Å². The molecule has 0 unspecified atom stereocenters. The third-order valence-electron chi connectivity index (χ3n) is 5.67. The number of amides is 1. The van der Waals surface area contributed by atoms with Gasteiger partial charge in [-0.3, -0.25) is 4.79 Å². The first kappa shape index (κ1) is 19.1. The van der Waals surface area contributed by atoms with E-state index in [2.05, 4.69) is 56.8 Å². The van der Waals surface area contributed by atoms with E-state index in [0.29, 0.717) is 23.9 Å². The Balaban J connectivity index is 1.60. The van der Waals surface area contributed by atoms with Crippen LogP contribution in [0.5, 0.6) is 0 Å². The average molecular weight is 410 g/mol. The molecular formula is C24H22N6O. The summed E-state index contributed by atoms with van der Waals surface area (Å²) in [6, 6.07) is 16.4.